The van der Waals surface area contributed by atoms with Crippen LogP contribution in [0.15, 0.2) is 24.3 Å². The van der Waals surface area contributed by atoms with E-state index in [-0.39, 0.29) is 19.3 Å². The molecule has 0 amide bonds. The summed E-state index contributed by atoms with van der Waals surface area (Å²) in [6.45, 7) is 3.90. The van der Waals surface area contributed by atoms with E-state index in [1.165, 1.54) is 0 Å². The topological polar surface area (TPSA) is 61.8 Å². The van der Waals surface area contributed by atoms with Gasteiger partial charge in [-0.05, 0) is 31.4 Å². The Morgan fingerprint density at radius 1 is 1.18 bits per heavy atom. The Hall–Kier alpha value is -1.88. The molecule has 0 unspecified atom stereocenters. The normalized spacial score (nSPS) is 24.5. The maximum absolute atomic E-state index is 12.6. The lowest BCUT2D eigenvalue weighted by molar-refractivity contribution is -0.177. The molecular weight excluding hydrogens is 284 g/mol. The lowest BCUT2D eigenvalue weighted by Crippen LogP contribution is -2.44. The highest BCUT2D eigenvalue weighted by atomic mass is 16.6. The van der Waals surface area contributed by atoms with Crippen molar-refractivity contribution in [2.24, 2.45) is 5.41 Å². The highest BCUT2D eigenvalue weighted by molar-refractivity contribution is 6.01. The van der Waals surface area contributed by atoms with Crippen LogP contribution in [0.4, 0.5) is 0 Å². The van der Waals surface area contributed by atoms with Gasteiger partial charge in [-0.15, -0.1) is 0 Å². The van der Waals surface area contributed by atoms with E-state index in [1.54, 1.807) is 13.8 Å². The first kappa shape index (κ1) is 15.0. The van der Waals surface area contributed by atoms with E-state index < -0.39 is 23.5 Å². The Bertz CT molecular complexity index is 576. The number of esters is 2. The maximum atomic E-state index is 12.6. The standard InChI is InChI=1S/C17H20O5/c1-3-20-15(18)17(16(19)21-4-2)10-12-9-11-7-5-6-8-13(11)14(17)22-12/h5-8,12,14H,3-4,9-10H2,1-2H3/t12-,14+/m1/s1. The quantitative estimate of drug-likeness (QED) is 0.630. The van der Waals surface area contributed by atoms with Crippen molar-refractivity contribution in [3.8, 4) is 0 Å². The van der Waals surface area contributed by atoms with Crippen molar-refractivity contribution >= 4 is 11.9 Å². The van der Waals surface area contributed by atoms with Crippen LogP contribution in [-0.4, -0.2) is 31.3 Å². The summed E-state index contributed by atoms with van der Waals surface area (Å²) in [5.41, 5.74) is 0.625. The van der Waals surface area contributed by atoms with Crippen molar-refractivity contribution in [3.05, 3.63) is 35.4 Å². The van der Waals surface area contributed by atoms with Crippen molar-refractivity contribution < 1.29 is 23.8 Å². The van der Waals surface area contributed by atoms with Gasteiger partial charge in [0, 0.05) is 6.42 Å². The lowest BCUT2D eigenvalue weighted by atomic mass is 9.78. The number of carbonyl (C=O) groups excluding carboxylic acids is 2. The summed E-state index contributed by atoms with van der Waals surface area (Å²) < 4.78 is 16.4. The molecule has 0 aliphatic carbocycles. The molecule has 1 saturated heterocycles. The smallest absolute Gasteiger partial charge is 0.326 e. The molecule has 3 rings (SSSR count). The number of fused-ring (bicyclic) bond motifs is 4. The Labute approximate surface area is 129 Å². The van der Waals surface area contributed by atoms with E-state index in [1.807, 2.05) is 24.3 Å². The second-order valence-corrected chi connectivity index (χ2v) is 5.66. The zero-order chi connectivity index (χ0) is 15.7. The molecule has 1 aromatic carbocycles. The van der Waals surface area contributed by atoms with E-state index in [9.17, 15) is 9.59 Å². The molecule has 0 aromatic heterocycles. The van der Waals surface area contributed by atoms with Crippen LogP contribution in [0.2, 0.25) is 0 Å². The molecule has 2 heterocycles. The molecule has 0 radical (unpaired) electrons. The summed E-state index contributed by atoms with van der Waals surface area (Å²) in [4.78, 5) is 25.3. The fraction of sp³-hybridized carbons (Fsp3) is 0.529. The molecule has 1 aromatic rings. The summed E-state index contributed by atoms with van der Waals surface area (Å²) in [5.74, 6) is -1.09. The average molecular weight is 304 g/mol. The monoisotopic (exact) mass is 304 g/mol. The molecule has 5 heteroatoms. The molecule has 0 spiro atoms. The predicted octanol–water partition coefficient (Wildman–Crippen LogP) is 2.19. The van der Waals surface area contributed by atoms with Crippen molar-refractivity contribution in [2.45, 2.75) is 38.9 Å². The van der Waals surface area contributed by atoms with Gasteiger partial charge >= 0.3 is 11.9 Å². The Morgan fingerprint density at radius 2 is 1.82 bits per heavy atom. The van der Waals surface area contributed by atoms with Crippen LogP contribution in [0.3, 0.4) is 0 Å². The third-order valence-electron chi connectivity index (χ3n) is 4.39. The predicted molar refractivity (Wildman–Crippen MR) is 78.1 cm³/mol. The van der Waals surface area contributed by atoms with Gasteiger partial charge in [-0.1, -0.05) is 24.3 Å². The molecule has 22 heavy (non-hydrogen) atoms. The molecule has 0 N–H and O–H groups in total. The van der Waals surface area contributed by atoms with Gasteiger partial charge in [0.2, 0.25) is 0 Å². The van der Waals surface area contributed by atoms with Gasteiger partial charge in [-0.3, -0.25) is 9.59 Å². The minimum atomic E-state index is -1.39. The van der Waals surface area contributed by atoms with Gasteiger partial charge in [0.05, 0.1) is 19.3 Å². The number of hydrogen-bond acceptors (Lipinski definition) is 5. The fourth-order valence-corrected chi connectivity index (χ4v) is 3.49. The first-order chi connectivity index (χ1) is 10.6. The molecular formula is C17H20O5. The number of ether oxygens (including phenoxy) is 3. The summed E-state index contributed by atoms with van der Waals surface area (Å²) in [6.07, 6.45) is 0.228. The van der Waals surface area contributed by atoms with Crippen LogP contribution in [0, 0.1) is 5.41 Å². The van der Waals surface area contributed by atoms with Crippen molar-refractivity contribution in [3.63, 3.8) is 0 Å². The number of hydrogen-bond donors (Lipinski definition) is 0. The Balaban J connectivity index is 2.07. The second kappa shape index (κ2) is 5.72. The summed E-state index contributed by atoms with van der Waals surface area (Å²) in [6, 6.07) is 7.78. The van der Waals surface area contributed by atoms with Gasteiger partial charge in [0.25, 0.3) is 0 Å². The van der Waals surface area contributed by atoms with Gasteiger partial charge in [-0.25, -0.2) is 0 Å². The first-order valence-corrected chi connectivity index (χ1v) is 7.71. The van der Waals surface area contributed by atoms with Gasteiger partial charge in [-0.2, -0.15) is 0 Å². The largest absolute Gasteiger partial charge is 0.465 e. The van der Waals surface area contributed by atoms with Crippen molar-refractivity contribution in [1.82, 2.24) is 0 Å². The minimum absolute atomic E-state index is 0.159. The fourth-order valence-electron chi connectivity index (χ4n) is 3.49. The first-order valence-electron chi connectivity index (χ1n) is 7.71. The Kier molecular flexibility index (Phi) is 3.91. The molecule has 2 aliphatic rings. The molecule has 118 valence electrons. The van der Waals surface area contributed by atoms with E-state index >= 15 is 0 Å². The van der Waals surface area contributed by atoms with Crippen LogP contribution in [-0.2, 0) is 30.2 Å². The molecule has 0 saturated carbocycles. The minimum Gasteiger partial charge on any atom is -0.465 e. The maximum Gasteiger partial charge on any atom is 0.326 e. The average Bonchev–Trinajstić information content (AvgIpc) is 2.83. The van der Waals surface area contributed by atoms with Gasteiger partial charge < -0.3 is 14.2 Å². The van der Waals surface area contributed by atoms with Crippen molar-refractivity contribution in [1.29, 1.82) is 0 Å². The third kappa shape index (κ3) is 2.11. The van der Waals surface area contributed by atoms with Crippen LogP contribution in [0.5, 0.6) is 0 Å². The van der Waals surface area contributed by atoms with E-state index in [0.29, 0.717) is 12.8 Å². The summed E-state index contributed by atoms with van der Waals surface area (Å²) in [5, 5.41) is 0. The Morgan fingerprint density at radius 3 is 2.45 bits per heavy atom. The number of rotatable bonds is 4. The van der Waals surface area contributed by atoms with E-state index in [0.717, 1.165) is 11.1 Å². The zero-order valence-corrected chi connectivity index (χ0v) is 12.8. The molecule has 2 bridgehead atoms. The third-order valence-corrected chi connectivity index (χ3v) is 4.39. The van der Waals surface area contributed by atoms with Crippen LogP contribution in [0.25, 0.3) is 0 Å². The van der Waals surface area contributed by atoms with Crippen LogP contribution in [0.1, 0.15) is 37.5 Å². The van der Waals surface area contributed by atoms with Crippen LogP contribution >= 0.6 is 0 Å². The van der Waals surface area contributed by atoms with Crippen LogP contribution < -0.4 is 0 Å². The second-order valence-electron chi connectivity index (χ2n) is 5.66. The number of benzene rings is 1. The van der Waals surface area contributed by atoms with Gasteiger partial charge in [0.15, 0.2) is 5.41 Å². The van der Waals surface area contributed by atoms with E-state index in [2.05, 4.69) is 0 Å². The highest BCUT2D eigenvalue weighted by Gasteiger charge is 2.63. The number of carbonyl (C=O) groups is 2. The summed E-state index contributed by atoms with van der Waals surface area (Å²) in [7, 11) is 0. The summed E-state index contributed by atoms with van der Waals surface area (Å²) >= 11 is 0. The molecule has 5 nitrogen and oxygen atoms in total. The van der Waals surface area contributed by atoms with E-state index in [4.69, 9.17) is 14.2 Å². The highest BCUT2D eigenvalue weighted by Crippen LogP contribution is 2.54. The van der Waals surface area contributed by atoms with Crippen molar-refractivity contribution in [2.75, 3.05) is 13.2 Å². The SMILES string of the molecule is CCOC(=O)C1(C(=O)OCC)C[C@H]2Cc3ccccc3[C@@H]1O2. The molecule has 1 fully saturated rings. The lowest BCUT2D eigenvalue weighted by Gasteiger charge is -2.31. The molecule has 2 atom stereocenters. The zero-order valence-electron chi connectivity index (χ0n) is 12.8. The molecule has 2 aliphatic heterocycles. The van der Waals surface area contributed by atoms with Gasteiger partial charge in [0.1, 0.15) is 6.10 Å².